The van der Waals surface area contributed by atoms with Crippen molar-refractivity contribution in [3.05, 3.63) is 176 Å². The van der Waals surface area contributed by atoms with Crippen LogP contribution in [0.4, 0.5) is 0 Å². The molecular weight excluding hydrogens is 1180 g/mol. The van der Waals surface area contributed by atoms with Gasteiger partial charge >= 0.3 is 0 Å². The fraction of sp³-hybridized carbons (Fsp3) is 0.643. The van der Waals surface area contributed by atoms with Gasteiger partial charge in [-0.05, 0) is 118 Å². The van der Waals surface area contributed by atoms with E-state index in [1.165, 1.54) is 233 Å². The Morgan fingerprint density at radius 3 is 0.729 bits per heavy atom. The van der Waals surface area contributed by atoms with Gasteiger partial charge in [-0.1, -0.05) is 234 Å². The summed E-state index contributed by atoms with van der Waals surface area (Å²) in [5.74, 6) is 0. The Kier molecular flexibility index (Phi) is 29.7. The number of rotatable bonds is 48. The summed E-state index contributed by atoms with van der Waals surface area (Å²) in [5, 5.41) is 4.87. The number of unbranched alkanes of at least 4 members (excludes halogenated alkanes) is 30. The Labute approximate surface area is 578 Å². The molecule has 6 atom stereocenters. The summed E-state index contributed by atoms with van der Waals surface area (Å²) in [6.07, 6.45) is 57.6. The molecule has 0 radical (unpaired) electrons. The highest BCUT2D eigenvalue weighted by atomic mass is 15.1. The molecule has 0 bridgehead atoms. The summed E-state index contributed by atoms with van der Waals surface area (Å²) < 4.78 is 12.5. The molecule has 7 aromatic rings. The van der Waals surface area contributed by atoms with E-state index in [0.717, 1.165) is 109 Å². The Bertz CT molecular complexity index is 3670. The van der Waals surface area contributed by atoms with Crippen molar-refractivity contribution >= 4 is 0 Å². The molecule has 6 unspecified atom stereocenters. The highest BCUT2D eigenvalue weighted by Crippen LogP contribution is 2.40. The molecule has 0 saturated heterocycles. The van der Waals surface area contributed by atoms with Gasteiger partial charge in [0.25, 0.3) is 0 Å². The number of benzene rings is 1. The number of nitrogens with one attached hydrogen (secondary N) is 1. The molecule has 12 nitrogen and oxygen atoms in total. The number of aromatic nitrogens is 6. The van der Waals surface area contributed by atoms with E-state index in [2.05, 4.69) is 173 Å². The van der Waals surface area contributed by atoms with Crippen molar-refractivity contribution in [1.29, 1.82) is 0 Å². The van der Waals surface area contributed by atoms with Crippen LogP contribution < -0.4 is 32.1 Å². The average Bonchev–Trinajstić information content (AvgIpc) is 0.987. The molecule has 96 heavy (non-hydrogen) atoms. The second kappa shape index (κ2) is 39.3. The highest BCUT2D eigenvalue weighted by molar-refractivity contribution is 5.30. The van der Waals surface area contributed by atoms with Gasteiger partial charge in [0, 0.05) is 104 Å². The van der Waals surface area contributed by atoms with Gasteiger partial charge in [-0.2, -0.15) is 0 Å². The molecule has 522 valence electrons. The summed E-state index contributed by atoms with van der Waals surface area (Å²) in [6, 6.07) is 25.7. The standard InChI is InChI=1S/C84H126N12/c1-7-13-19-25-31-37-48-66-54-55-67(85-66)73-74(68-49-43-61-92(68)56-38-32-26-20-14-8-2)87-80-79(86-73)81-83(90-76(70-51-45-63-94(70)58-40-34-28-22-16-10-4)75(88-81)69-50-44-62-93(69)57-39-33-27-21-15-9-3)84-82(80)89-77(71-52-46-64-95(71)59-41-35-29-23-17-11-5)78(91-84)72-53-47-65-96(72)60-42-36-30-24-18-12-6/h43-47,49-55,61-65,73-78,85H,7-42,48,56-60H2,1-6H3. The summed E-state index contributed by atoms with van der Waals surface area (Å²) >= 11 is 0. The fourth-order valence-electron chi connectivity index (χ4n) is 15.7. The van der Waals surface area contributed by atoms with E-state index in [-0.39, 0.29) is 36.3 Å². The molecule has 12 heteroatoms. The summed E-state index contributed by atoms with van der Waals surface area (Å²) in [5.41, 5.74) is 8.41. The van der Waals surface area contributed by atoms with Crippen molar-refractivity contribution in [2.24, 2.45) is 30.0 Å². The molecular formula is C84H126N12. The summed E-state index contributed by atoms with van der Waals surface area (Å²) in [6.45, 7) is 18.6. The van der Waals surface area contributed by atoms with Crippen molar-refractivity contribution < 1.29 is 0 Å². The third-order valence-electron chi connectivity index (χ3n) is 21.3. The van der Waals surface area contributed by atoms with Crippen LogP contribution >= 0.6 is 0 Å². The molecule has 0 saturated carbocycles. The van der Waals surface area contributed by atoms with Crippen LogP contribution in [-0.4, -0.2) is 27.8 Å². The molecule has 3 aliphatic heterocycles. The van der Waals surface area contributed by atoms with Crippen LogP contribution in [0.15, 0.2) is 134 Å². The molecule has 3 aliphatic rings. The van der Waals surface area contributed by atoms with Crippen LogP contribution in [0, 0.1) is 0 Å². The SMILES string of the molecule is CCCCCCCCc1ccc(C2N=c3c(c4c(c5c3=NC(c3cccn3CCCCCCCC)C(c3cccn3CCCCCCCC)N=5)=NC(c3cccn3CCCCCCCC)C(c3cccn3CCCCCCCC)N=4)=NC2c2cccn2CCCCCCCC)[nH]1. The molecule has 10 rings (SSSR count). The maximum Gasteiger partial charge on any atom is 0.119 e. The lowest BCUT2D eigenvalue weighted by molar-refractivity contribution is 0.434. The lowest BCUT2D eigenvalue weighted by atomic mass is 9.97. The number of hydrogen-bond donors (Lipinski definition) is 1. The average molecular weight is 1300 g/mol. The maximum absolute atomic E-state index is 6.25. The van der Waals surface area contributed by atoms with Gasteiger partial charge in [-0.25, -0.2) is 0 Å². The number of hydrogen-bond acceptors (Lipinski definition) is 6. The molecule has 0 spiro atoms. The van der Waals surface area contributed by atoms with Gasteiger partial charge in [0.1, 0.15) is 68.4 Å². The van der Waals surface area contributed by atoms with Crippen molar-refractivity contribution in [2.75, 3.05) is 0 Å². The van der Waals surface area contributed by atoms with Gasteiger partial charge in [-0.15, -0.1) is 0 Å². The fourth-order valence-corrected chi connectivity index (χ4v) is 15.7. The molecule has 1 aromatic carbocycles. The second-order valence-electron chi connectivity index (χ2n) is 29.0. The second-order valence-corrected chi connectivity index (χ2v) is 29.0. The lowest BCUT2D eigenvalue weighted by Gasteiger charge is -2.29. The molecule has 0 amide bonds. The minimum absolute atomic E-state index is 0.312. The van der Waals surface area contributed by atoms with Gasteiger partial charge in [-0.3, -0.25) is 30.0 Å². The first kappa shape index (κ1) is 72.4. The quantitative estimate of drug-likeness (QED) is 0.0366. The van der Waals surface area contributed by atoms with Crippen molar-refractivity contribution in [2.45, 2.75) is 348 Å². The van der Waals surface area contributed by atoms with E-state index >= 15 is 0 Å². The number of nitrogens with zero attached hydrogens (tertiary/aromatic N) is 11. The van der Waals surface area contributed by atoms with Crippen LogP contribution in [0.25, 0.3) is 0 Å². The zero-order valence-electron chi connectivity index (χ0n) is 60.9. The van der Waals surface area contributed by atoms with Gasteiger partial charge in [0.05, 0.1) is 0 Å². The molecule has 0 fully saturated rings. The molecule has 1 N–H and O–H groups in total. The van der Waals surface area contributed by atoms with E-state index in [4.69, 9.17) is 30.0 Å². The number of fused-ring (bicyclic) bond motifs is 6. The zero-order chi connectivity index (χ0) is 66.5. The summed E-state index contributed by atoms with van der Waals surface area (Å²) in [7, 11) is 0. The highest BCUT2D eigenvalue weighted by Gasteiger charge is 2.38. The smallest absolute Gasteiger partial charge is 0.119 e. The molecule has 9 heterocycles. The molecule has 0 aliphatic carbocycles. The van der Waals surface area contributed by atoms with Gasteiger partial charge in [0.2, 0.25) is 0 Å². The van der Waals surface area contributed by atoms with E-state index in [1.807, 2.05) is 0 Å². The van der Waals surface area contributed by atoms with Crippen LogP contribution in [-0.2, 0) is 39.1 Å². The Hall–Kier alpha value is -6.30. The Morgan fingerprint density at radius 2 is 0.469 bits per heavy atom. The molecule has 6 aromatic heterocycles. The predicted octanol–water partition coefficient (Wildman–Crippen LogP) is 19.9. The first-order valence-corrected chi connectivity index (χ1v) is 39.9. The maximum atomic E-state index is 6.25. The van der Waals surface area contributed by atoms with E-state index in [0.29, 0.717) is 0 Å². The number of aromatic amines is 1. The third-order valence-corrected chi connectivity index (χ3v) is 21.3. The van der Waals surface area contributed by atoms with E-state index < -0.39 is 0 Å². The van der Waals surface area contributed by atoms with Gasteiger partial charge in [0.15, 0.2) is 0 Å². The van der Waals surface area contributed by atoms with Crippen molar-refractivity contribution in [3.8, 4) is 0 Å². The van der Waals surface area contributed by atoms with Crippen LogP contribution in [0.5, 0.6) is 0 Å². The first-order chi connectivity index (χ1) is 47.5. The lowest BCUT2D eigenvalue weighted by Crippen LogP contribution is -2.68. The van der Waals surface area contributed by atoms with Crippen LogP contribution in [0.1, 0.15) is 349 Å². The monoisotopic (exact) mass is 1300 g/mol. The largest absolute Gasteiger partial charge is 0.360 e. The topological polar surface area (TPSA) is 115 Å². The van der Waals surface area contributed by atoms with E-state index in [1.54, 1.807) is 0 Å². The van der Waals surface area contributed by atoms with E-state index in [9.17, 15) is 0 Å². The van der Waals surface area contributed by atoms with Crippen LogP contribution in [0.3, 0.4) is 0 Å². The number of aryl methyl sites for hydroxylation is 6. The first-order valence-electron chi connectivity index (χ1n) is 39.9. The summed E-state index contributed by atoms with van der Waals surface area (Å²) in [4.78, 5) is 41.4. The van der Waals surface area contributed by atoms with Crippen molar-refractivity contribution in [3.63, 3.8) is 0 Å². The van der Waals surface area contributed by atoms with Crippen LogP contribution in [0.2, 0.25) is 0 Å². The Balaban J connectivity index is 1.21. The normalized spacial score (nSPS) is 18.1. The van der Waals surface area contributed by atoms with Crippen molar-refractivity contribution in [1.82, 2.24) is 27.8 Å². The third kappa shape index (κ3) is 19.3. The van der Waals surface area contributed by atoms with Gasteiger partial charge < -0.3 is 27.8 Å². The minimum atomic E-state index is -0.336. The minimum Gasteiger partial charge on any atom is -0.360 e. The Morgan fingerprint density at radius 1 is 0.250 bits per heavy atom. The number of H-pyrrole nitrogens is 1. The zero-order valence-corrected chi connectivity index (χ0v) is 60.9. The predicted molar refractivity (Wildman–Crippen MR) is 397 cm³/mol.